The average molecular weight is 463 g/mol. The summed E-state index contributed by atoms with van der Waals surface area (Å²) < 4.78 is 41.3. The lowest BCUT2D eigenvalue weighted by atomic mass is 9.48. The molecule has 4 aliphatic carbocycles. The van der Waals surface area contributed by atoms with Crippen molar-refractivity contribution in [1.29, 1.82) is 0 Å². The van der Waals surface area contributed by atoms with Crippen LogP contribution >= 0.6 is 0 Å². The van der Waals surface area contributed by atoms with E-state index in [0.717, 1.165) is 56.1 Å². The predicted molar refractivity (Wildman–Crippen MR) is 120 cm³/mol. The van der Waals surface area contributed by atoms with E-state index in [1.54, 1.807) is 12.1 Å². The van der Waals surface area contributed by atoms with Crippen molar-refractivity contribution in [3.8, 4) is 5.75 Å². The van der Waals surface area contributed by atoms with E-state index in [1.165, 1.54) is 17.7 Å². The van der Waals surface area contributed by atoms with Crippen molar-refractivity contribution in [2.75, 3.05) is 0 Å². The lowest BCUT2D eigenvalue weighted by Gasteiger charge is -2.57. The van der Waals surface area contributed by atoms with E-state index in [4.69, 9.17) is 0 Å². The van der Waals surface area contributed by atoms with Gasteiger partial charge in [-0.05, 0) is 91.4 Å². The molecule has 0 aliphatic heterocycles. The van der Waals surface area contributed by atoms with Crippen LogP contribution in [0.5, 0.6) is 5.75 Å². The van der Waals surface area contributed by atoms with Gasteiger partial charge in [-0.1, -0.05) is 43.7 Å². The number of fused-ring (bicyclic) bond motifs is 5. The summed E-state index contributed by atoms with van der Waals surface area (Å²) in [5, 5.41) is 21.5. The van der Waals surface area contributed by atoms with Gasteiger partial charge >= 0.3 is 6.36 Å². The Kier molecular flexibility index (Phi) is 5.48. The molecule has 4 aliphatic rings. The van der Waals surface area contributed by atoms with E-state index in [9.17, 15) is 23.4 Å². The first-order valence-corrected chi connectivity index (χ1v) is 12.1. The molecule has 3 fully saturated rings. The van der Waals surface area contributed by atoms with Crippen LogP contribution in [0.15, 0.2) is 41.5 Å². The lowest BCUT2D eigenvalue weighted by Crippen LogP contribution is -2.51. The Morgan fingerprint density at radius 3 is 2.42 bits per heavy atom. The summed E-state index contributed by atoms with van der Waals surface area (Å²) in [5.74, 6) is 1.23. The predicted octanol–water partition coefficient (Wildman–Crippen LogP) is 6.26. The van der Waals surface area contributed by atoms with Crippen molar-refractivity contribution in [3.05, 3.63) is 47.1 Å². The van der Waals surface area contributed by atoms with E-state index in [2.05, 4.69) is 24.7 Å². The Labute approximate surface area is 193 Å². The minimum absolute atomic E-state index is 0.148. The quantitative estimate of drug-likeness (QED) is 0.510. The largest absolute Gasteiger partial charge is 0.573 e. The summed E-state index contributed by atoms with van der Waals surface area (Å²) >= 11 is 0. The third-order valence-electron chi connectivity index (χ3n) is 9.41. The fraction of sp³-hybridized carbons (Fsp3) is 0.630. The zero-order chi connectivity index (χ0) is 23.6. The number of rotatable bonds is 2. The number of aliphatic hydroxyl groups is 2. The second-order valence-electron chi connectivity index (χ2n) is 11.1. The SMILES string of the molecule is C[C@]12CC[C@H]3[C@@H](CC=C4C[C@@H](O)CC[C@@]43C)[C@@H]1C/C(=C\c1ccc(OC(F)(F)F)cc1)[C@H]2O. The highest BCUT2D eigenvalue weighted by Gasteiger charge is 2.59. The lowest BCUT2D eigenvalue weighted by molar-refractivity contribution is -0.274. The molecule has 0 spiro atoms. The molecule has 6 heteroatoms. The van der Waals surface area contributed by atoms with E-state index in [1.807, 2.05) is 6.08 Å². The second kappa shape index (κ2) is 7.88. The standard InChI is InChI=1S/C27H33F3O3/c1-25-11-9-19(31)15-18(25)5-8-21-22(25)10-12-26(2)23(21)14-17(24(26)32)13-16-3-6-20(7-4-16)33-27(28,29)30/h3-7,13,19,21-24,31-32H,8-12,14-15H2,1-2H3/b17-13+/t19-,21+,22-,23-,24+,25-,26-/m0/s1. The molecule has 0 saturated heterocycles. The van der Waals surface area contributed by atoms with Gasteiger partial charge in [-0.3, -0.25) is 0 Å². The van der Waals surface area contributed by atoms with Crippen LogP contribution in [-0.2, 0) is 0 Å². The normalized spacial score (nSPS) is 41.7. The van der Waals surface area contributed by atoms with Crippen LogP contribution in [0.1, 0.15) is 64.4 Å². The number of aliphatic hydroxyl groups excluding tert-OH is 2. The van der Waals surface area contributed by atoms with Gasteiger partial charge in [0, 0.05) is 5.41 Å². The van der Waals surface area contributed by atoms with E-state index in [0.29, 0.717) is 17.8 Å². The number of ether oxygens (including phenoxy) is 1. The van der Waals surface area contributed by atoms with Crippen molar-refractivity contribution in [3.63, 3.8) is 0 Å². The third-order valence-corrected chi connectivity index (χ3v) is 9.41. The molecule has 0 radical (unpaired) electrons. The fourth-order valence-electron chi connectivity index (χ4n) is 7.62. The minimum Gasteiger partial charge on any atom is -0.406 e. The summed E-state index contributed by atoms with van der Waals surface area (Å²) in [6.45, 7) is 4.60. The second-order valence-corrected chi connectivity index (χ2v) is 11.1. The van der Waals surface area contributed by atoms with Crippen molar-refractivity contribution in [2.45, 2.75) is 77.4 Å². The molecule has 0 bridgehead atoms. The summed E-state index contributed by atoms with van der Waals surface area (Å²) in [6.07, 6.45) is 5.44. The molecule has 0 unspecified atom stereocenters. The highest BCUT2D eigenvalue weighted by molar-refractivity contribution is 5.56. The Morgan fingerprint density at radius 1 is 1.00 bits per heavy atom. The maximum Gasteiger partial charge on any atom is 0.573 e. The molecular formula is C27H33F3O3. The van der Waals surface area contributed by atoms with E-state index >= 15 is 0 Å². The summed E-state index contributed by atoms with van der Waals surface area (Å²) in [6, 6.07) is 5.85. The Hall–Kier alpha value is -1.79. The van der Waals surface area contributed by atoms with Gasteiger partial charge in [0.05, 0.1) is 12.2 Å². The molecule has 2 N–H and O–H groups in total. The third kappa shape index (κ3) is 3.93. The van der Waals surface area contributed by atoms with Crippen LogP contribution in [-0.4, -0.2) is 28.8 Å². The average Bonchev–Trinajstić information content (AvgIpc) is 2.99. The van der Waals surface area contributed by atoms with Crippen LogP contribution in [0.25, 0.3) is 6.08 Å². The van der Waals surface area contributed by atoms with Crippen molar-refractivity contribution < 1.29 is 28.1 Å². The maximum atomic E-state index is 12.4. The topological polar surface area (TPSA) is 49.7 Å². The molecule has 1 aromatic carbocycles. The van der Waals surface area contributed by atoms with Gasteiger partial charge in [-0.2, -0.15) is 0 Å². The molecule has 0 amide bonds. The van der Waals surface area contributed by atoms with Gasteiger partial charge in [0.15, 0.2) is 0 Å². The molecule has 3 nitrogen and oxygen atoms in total. The van der Waals surface area contributed by atoms with Crippen LogP contribution in [0.3, 0.4) is 0 Å². The number of halogens is 3. The van der Waals surface area contributed by atoms with Gasteiger partial charge in [0.25, 0.3) is 0 Å². The van der Waals surface area contributed by atoms with E-state index < -0.39 is 12.5 Å². The molecule has 3 saturated carbocycles. The van der Waals surface area contributed by atoms with Gasteiger partial charge in [0.1, 0.15) is 5.75 Å². The Bertz CT molecular complexity index is 966. The first-order valence-electron chi connectivity index (χ1n) is 12.1. The summed E-state index contributed by atoms with van der Waals surface area (Å²) in [4.78, 5) is 0. The zero-order valence-electron chi connectivity index (χ0n) is 19.2. The number of hydrogen-bond donors (Lipinski definition) is 2. The first kappa shape index (κ1) is 23.0. The van der Waals surface area contributed by atoms with Crippen LogP contribution in [0.2, 0.25) is 0 Å². The minimum atomic E-state index is -4.70. The molecular weight excluding hydrogens is 429 g/mol. The maximum absolute atomic E-state index is 12.4. The number of benzene rings is 1. The van der Waals surface area contributed by atoms with Crippen LogP contribution in [0, 0.1) is 28.6 Å². The number of hydrogen-bond acceptors (Lipinski definition) is 3. The molecule has 0 heterocycles. The van der Waals surface area contributed by atoms with Crippen molar-refractivity contribution in [1.82, 2.24) is 0 Å². The molecule has 180 valence electrons. The number of alkyl halides is 3. The van der Waals surface area contributed by atoms with E-state index in [-0.39, 0.29) is 22.7 Å². The van der Waals surface area contributed by atoms with Gasteiger partial charge in [-0.25, -0.2) is 0 Å². The molecule has 1 aromatic rings. The monoisotopic (exact) mass is 462 g/mol. The van der Waals surface area contributed by atoms with Crippen molar-refractivity contribution >= 4 is 6.08 Å². The zero-order valence-corrected chi connectivity index (χ0v) is 19.2. The highest BCUT2D eigenvalue weighted by Crippen LogP contribution is 2.65. The van der Waals surface area contributed by atoms with Gasteiger partial charge in [0.2, 0.25) is 0 Å². The Balaban J connectivity index is 1.39. The van der Waals surface area contributed by atoms with Gasteiger partial charge < -0.3 is 14.9 Å². The van der Waals surface area contributed by atoms with Crippen molar-refractivity contribution in [2.24, 2.45) is 28.6 Å². The fourth-order valence-corrected chi connectivity index (χ4v) is 7.62. The summed E-state index contributed by atoms with van der Waals surface area (Å²) in [7, 11) is 0. The molecule has 33 heavy (non-hydrogen) atoms. The molecule has 5 rings (SSSR count). The first-order chi connectivity index (χ1) is 15.5. The smallest absolute Gasteiger partial charge is 0.406 e. The molecule has 0 aromatic heterocycles. The van der Waals surface area contributed by atoms with Gasteiger partial charge in [-0.15, -0.1) is 13.2 Å². The number of allylic oxidation sites excluding steroid dienone is 1. The molecule has 7 atom stereocenters. The highest BCUT2D eigenvalue weighted by atomic mass is 19.4. The van der Waals surface area contributed by atoms with Crippen LogP contribution < -0.4 is 4.74 Å². The summed E-state index contributed by atoms with van der Waals surface area (Å²) in [5.41, 5.74) is 3.15. The Morgan fingerprint density at radius 2 is 1.73 bits per heavy atom. The van der Waals surface area contributed by atoms with Crippen LogP contribution in [0.4, 0.5) is 13.2 Å².